The third-order valence-corrected chi connectivity index (χ3v) is 2.73. The largest absolute Gasteiger partial charge is 0.508 e. The molecular weight excluding hydrogens is 268 g/mol. The fraction of sp³-hybridized carbons (Fsp3) is 0.0714. The number of hydrogen-bond acceptors (Lipinski definition) is 3. The topological polar surface area (TPSA) is 69.6 Å². The van der Waals surface area contributed by atoms with Gasteiger partial charge in [-0.2, -0.15) is 0 Å². The fourth-order valence-electron chi connectivity index (χ4n) is 1.66. The molecule has 0 radical (unpaired) electrons. The smallest absolute Gasteiger partial charge is 0.338 e. The Bertz CT molecular complexity index is 642. The maximum atomic E-state index is 13.6. The number of carboxylic acids is 1. The summed E-state index contributed by atoms with van der Waals surface area (Å²) in [6, 6.07) is 8.37. The van der Waals surface area contributed by atoms with E-state index in [4.69, 9.17) is 10.2 Å². The predicted octanol–water partition coefficient (Wildman–Crippen LogP) is 2.98. The van der Waals surface area contributed by atoms with Gasteiger partial charge in [0.15, 0.2) is 11.6 Å². The number of aromatic carboxylic acids is 1. The summed E-state index contributed by atoms with van der Waals surface area (Å²) in [5.41, 5.74) is -0.0804. The van der Waals surface area contributed by atoms with Crippen LogP contribution >= 0.6 is 0 Å². The van der Waals surface area contributed by atoms with E-state index in [1.54, 1.807) is 12.1 Å². The molecule has 0 aliphatic heterocycles. The summed E-state index contributed by atoms with van der Waals surface area (Å²) in [4.78, 5) is 10.6. The second-order valence-electron chi connectivity index (χ2n) is 4.11. The highest BCUT2D eigenvalue weighted by Crippen LogP contribution is 2.21. The Morgan fingerprint density at radius 3 is 2.30 bits per heavy atom. The molecule has 6 heteroatoms. The van der Waals surface area contributed by atoms with Crippen LogP contribution in [0.15, 0.2) is 36.4 Å². The minimum Gasteiger partial charge on any atom is -0.508 e. The lowest BCUT2D eigenvalue weighted by Crippen LogP contribution is -2.07. The Morgan fingerprint density at radius 2 is 1.70 bits per heavy atom. The second kappa shape index (κ2) is 5.56. The molecule has 0 spiro atoms. The lowest BCUT2D eigenvalue weighted by molar-refractivity contribution is 0.0690. The molecule has 0 saturated carbocycles. The van der Waals surface area contributed by atoms with Crippen LogP contribution in [0.4, 0.5) is 14.5 Å². The van der Waals surface area contributed by atoms with Gasteiger partial charge in [0.25, 0.3) is 0 Å². The van der Waals surface area contributed by atoms with Crippen LogP contribution in [-0.4, -0.2) is 16.2 Å². The number of phenolic OH excluding ortho intramolecular Hbond substituents is 1. The Kier molecular flexibility index (Phi) is 3.84. The van der Waals surface area contributed by atoms with Crippen molar-refractivity contribution in [1.29, 1.82) is 0 Å². The Morgan fingerprint density at radius 1 is 1.05 bits per heavy atom. The van der Waals surface area contributed by atoms with Crippen molar-refractivity contribution in [2.24, 2.45) is 0 Å². The quantitative estimate of drug-likeness (QED) is 0.804. The van der Waals surface area contributed by atoms with Crippen molar-refractivity contribution in [2.75, 3.05) is 5.32 Å². The molecule has 2 rings (SSSR count). The molecule has 2 aromatic carbocycles. The van der Waals surface area contributed by atoms with Crippen LogP contribution in [0.1, 0.15) is 15.9 Å². The molecule has 0 unspecified atom stereocenters. The molecule has 20 heavy (non-hydrogen) atoms. The third kappa shape index (κ3) is 2.85. The van der Waals surface area contributed by atoms with Gasteiger partial charge in [0.2, 0.25) is 0 Å². The van der Waals surface area contributed by atoms with Gasteiger partial charge in [-0.1, -0.05) is 12.1 Å². The molecule has 2 aromatic rings. The number of carboxylic acid groups (broad SMARTS) is 1. The summed E-state index contributed by atoms with van der Waals surface area (Å²) in [7, 11) is 0. The van der Waals surface area contributed by atoms with Gasteiger partial charge in [0.05, 0.1) is 11.3 Å². The zero-order valence-electron chi connectivity index (χ0n) is 10.2. The van der Waals surface area contributed by atoms with Crippen LogP contribution in [0, 0.1) is 11.6 Å². The molecule has 0 saturated heterocycles. The predicted molar refractivity (Wildman–Crippen MR) is 68.8 cm³/mol. The van der Waals surface area contributed by atoms with Crippen molar-refractivity contribution in [1.82, 2.24) is 0 Å². The van der Waals surface area contributed by atoms with Gasteiger partial charge in [-0.15, -0.1) is 0 Å². The molecule has 0 aromatic heterocycles. The minimum absolute atomic E-state index is 0.108. The van der Waals surface area contributed by atoms with Gasteiger partial charge in [0.1, 0.15) is 5.75 Å². The number of benzene rings is 2. The first-order valence-electron chi connectivity index (χ1n) is 5.72. The van der Waals surface area contributed by atoms with E-state index in [0.717, 1.165) is 11.6 Å². The van der Waals surface area contributed by atoms with Crippen molar-refractivity contribution >= 4 is 11.7 Å². The van der Waals surface area contributed by atoms with Crippen molar-refractivity contribution < 1.29 is 23.8 Å². The molecule has 0 amide bonds. The molecule has 0 aliphatic rings. The summed E-state index contributed by atoms with van der Waals surface area (Å²) in [5, 5.41) is 20.4. The molecule has 4 nitrogen and oxygen atoms in total. The van der Waals surface area contributed by atoms with Crippen LogP contribution < -0.4 is 5.32 Å². The molecular formula is C14H11F2NO3. The standard InChI is InChI=1S/C14H11F2NO3/c15-12-10(14(19)20)5-6-11(13(12)16)17-7-8-1-3-9(18)4-2-8/h1-6,17-18H,7H2,(H,19,20). The van der Waals surface area contributed by atoms with E-state index in [9.17, 15) is 13.6 Å². The van der Waals surface area contributed by atoms with Gasteiger partial charge in [0, 0.05) is 6.54 Å². The number of hydrogen-bond donors (Lipinski definition) is 3. The van der Waals surface area contributed by atoms with Crippen molar-refractivity contribution in [3.8, 4) is 5.75 Å². The van der Waals surface area contributed by atoms with Crippen LogP contribution in [0.25, 0.3) is 0 Å². The molecule has 0 heterocycles. The van der Waals surface area contributed by atoms with Gasteiger partial charge >= 0.3 is 5.97 Å². The van der Waals surface area contributed by atoms with Crippen LogP contribution in [0.2, 0.25) is 0 Å². The zero-order chi connectivity index (χ0) is 14.7. The van der Waals surface area contributed by atoms with Crippen LogP contribution in [-0.2, 0) is 6.54 Å². The van der Waals surface area contributed by atoms with Crippen molar-refractivity contribution in [3.63, 3.8) is 0 Å². The molecule has 0 bridgehead atoms. The van der Waals surface area contributed by atoms with E-state index in [2.05, 4.69) is 5.32 Å². The normalized spacial score (nSPS) is 10.3. The van der Waals surface area contributed by atoms with Gasteiger partial charge in [-0.05, 0) is 29.8 Å². The molecule has 0 aliphatic carbocycles. The molecule has 3 N–H and O–H groups in total. The van der Waals surface area contributed by atoms with E-state index in [1.165, 1.54) is 18.2 Å². The lowest BCUT2D eigenvalue weighted by Gasteiger charge is -2.09. The van der Waals surface area contributed by atoms with Gasteiger partial charge in [-0.25, -0.2) is 13.6 Å². The molecule has 0 atom stereocenters. The highest BCUT2D eigenvalue weighted by Gasteiger charge is 2.17. The van der Waals surface area contributed by atoms with Gasteiger partial charge in [-0.3, -0.25) is 0 Å². The maximum Gasteiger partial charge on any atom is 0.338 e. The number of anilines is 1. The van der Waals surface area contributed by atoms with E-state index in [0.29, 0.717) is 0 Å². The van der Waals surface area contributed by atoms with Crippen molar-refractivity contribution in [3.05, 3.63) is 59.2 Å². The summed E-state index contributed by atoms with van der Waals surface area (Å²) in [5.74, 6) is -4.04. The Hall–Kier alpha value is -2.63. The van der Waals surface area contributed by atoms with E-state index in [1.807, 2.05) is 0 Å². The van der Waals surface area contributed by atoms with E-state index < -0.39 is 23.2 Å². The van der Waals surface area contributed by atoms with Crippen LogP contribution in [0.5, 0.6) is 5.75 Å². The third-order valence-electron chi connectivity index (χ3n) is 2.73. The summed E-state index contributed by atoms with van der Waals surface area (Å²) in [6.07, 6.45) is 0. The first kappa shape index (κ1) is 13.8. The molecule has 0 fully saturated rings. The highest BCUT2D eigenvalue weighted by atomic mass is 19.2. The SMILES string of the molecule is O=C(O)c1ccc(NCc2ccc(O)cc2)c(F)c1F. The van der Waals surface area contributed by atoms with E-state index >= 15 is 0 Å². The van der Waals surface area contributed by atoms with Crippen molar-refractivity contribution in [2.45, 2.75) is 6.54 Å². The summed E-state index contributed by atoms with van der Waals surface area (Å²) in [6.45, 7) is 0.211. The Balaban J connectivity index is 2.16. The zero-order valence-corrected chi connectivity index (χ0v) is 10.2. The van der Waals surface area contributed by atoms with Gasteiger partial charge < -0.3 is 15.5 Å². The number of rotatable bonds is 4. The Labute approximate surface area is 113 Å². The number of nitrogens with one attached hydrogen (secondary N) is 1. The maximum absolute atomic E-state index is 13.6. The minimum atomic E-state index is -1.52. The average molecular weight is 279 g/mol. The number of phenols is 1. The highest BCUT2D eigenvalue weighted by molar-refractivity contribution is 5.88. The van der Waals surface area contributed by atoms with Crippen LogP contribution in [0.3, 0.4) is 0 Å². The fourth-order valence-corrected chi connectivity index (χ4v) is 1.66. The van der Waals surface area contributed by atoms with E-state index in [-0.39, 0.29) is 18.0 Å². The first-order chi connectivity index (χ1) is 9.49. The number of carbonyl (C=O) groups is 1. The number of aromatic hydroxyl groups is 1. The molecule has 104 valence electrons. The summed E-state index contributed by atoms with van der Waals surface area (Å²) >= 11 is 0. The second-order valence-corrected chi connectivity index (χ2v) is 4.11. The summed E-state index contributed by atoms with van der Waals surface area (Å²) < 4.78 is 27.1. The average Bonchev–Trinajstić information content (AvgIpc) is 2.42. The number of halogens is 2. The lowest BCUT2D eigenvalue weighted by atomic mass is 10.1. The first-order valence-corrected chi connectivity index (χ1v) is 5.72. The monoisotopic (exact) mass is 279 g/mol.